The molecular weight excluding hydrogens is 294 g/mol. The molecule has 1 aromatic heterocycles. The van der Waals surface area contributed by atoms with Crippen LogP contribution in [0.5, 0.6) is 5.75 Å². The minimum atomic E-state index is 0.583. The standard InChI is InChI=1S/C13H14BrN3O/c1-10-12(14)13(17-9-16-10)15-7-8-18-11-5-3-2-4-6-11/h2-6,9H,7-8H2,1H3,(H,15,16,17). The summed E-state index contributed by atoms with van der Waals surface area (Å²) >= 11 is 3.45. The van der Waals surface area contributed by atoms with E-state index in [-0.39, 0.29) is 0 Å². The maximum atomic E-state index is 5.58. The van der Waals surface area contributed by atoms with Crippen molar-refractivity contribution in [3.63, 3.8) is 0 Å². The highest BCUT2D eigenvalue weighted by atomic mass is 79.9. The Balaban J connectivity index is 1.81. The summed E-state index contributed by atoms with van der Waals surface area (Å²) in [6.07, 6.45) is 1.54. The van der Waals surface area contributed by atoms with Crippen molar-refractivity contribution < 1.29 is 4.74 Å². The Bertz CT molecular complexity index is 505. The molecule has 1 N–H and O–H groups in total. The van der Waals surface area contributed by atoms with Gasteiger partial charge in [-0.2, -0.15) is 0 Å². The van der Waals surface area contributed by atoms with Crippen molar-refractivity contribution in [2.75, 3.05) is 18.5 Å². The number of hydrogen-bond acceptors (Lipinski definition) is 4. The third-order valence-corrected chi connectivity index (χ3v) is 3.32. The lowest BCUT2D eigenvalue weighted by Crippen LogP contribution is -2.13. The van der Waals surface area contributed by atoms with Crippen LogP contribution in [0.1, 0.15) is 5.69 Å². The number of halogens is 1. The summed E-state index contributed by atoms with van der Waals surface area (Å²) in [4.78, 5) is 8.24. The highest BCUT2D eigenvalue weighted by molar-refractivity contribution is 9.10. The fraction of sp³-hybridized carbons (Fsp3) is 0.231. The van der Waals surface area contributed by atoms with Gasteiger partial charge in [0.25, 0.3) is 0 Å². The second-order valence-electron chi connectivity index (χ2n) is 3.71. The zero-order valence-electron chi connectivity index (χ0n) is 10.1. The molecule has 0 unspecified atom stereocenters. The van der Waals surface area contributed by atoms with E-state index < -0.39 is 0 Å². The van der Waals surface area contributed by atoms with Gasteiger partial charge in [0, 0.05) is 0 Å². The average molecular weight is 308 g/mol. The average Bonchev–Trinajstić information content (AvgIpc) is 2.40. The van der Waals surface area contributed by atoms with Crippen LogP contribution in [0.4, 0.5) is 5.82 Å². The van der Waals surface area contributed by atoms with Crippen molar-refractivity contribution in [1.29, 1.82) is 0 Å². The minimum absolute atomic E-state index is 0.583. The van der Waals surface area contributed by atoms with E-state index in [1.54, 1.807) is 6.33 Å². The normalized spacial score (nSPS) is 10.1. The van der Waals surface area contributed by atoms with Crippen molar-refractivity contribution in [2.45, 2.75) is 6.92 Å². The smallest absolute Gasteiger partial charge is 0.144 e. The molecule has 1 aromatic carbocycles. The van der Waals surface area contributed by atoms with Crippen LogP contribution in [0, 0.1) is 6.92 Å². The van der Waals surface area contributed by atoms with Gasteiger partial charge in [-0.05, 0) is 35.0 Å². The summed E-state index contributed by atoms with van der Waals surface area (Å²) in [7, 11) is 0. The van der Waals surface area contributed by atoms with E-state index >= 15 is 0 Å². The van der Waals surface area contributed by atoms with Crippen molar-refractivity contribution >= 4 is 21.7 Å². The summed E-state index contributed by atoms with van der Waals surface area (Å²) in [5, 5.41) is 3.20. The van der Waals surface area contributed by atoms with Gasteiger partial charge < -0.3 is 10.1 Å². The molecular formula is C13H14BrN3O. The lowest BCUT2D eigenvalue weighted by atomic mass is 10.3. The Kier molecular flexibility index (Phi) is 4.52. The Labute approximate surface area is 115 Å². The first-order valence-electron chi connectivity index (χ1n) is 5.66. The number of ether oxygens (including phenoxy) is 1. The molecule has 0 atom stereocenters. The Morgan fingerprint density at radius 3 is 2.78 bits per heavy atom. The molecule has 0 aliphatic rings. The van der Waals surface area contributed by atoms with E-state index in [1.165, 1.54) is 0 Å². The molecule has 2 rings (SSSR count). The topological polar surface area (TPSA) is 47.0 Å². The van der Waals surface area contributed by atoms with Gasteiger partial charge in [-0.1, -0.05) is 18.2 Å². The van der Waals surface area contributed by atoms with E-state index in [9.17, 15) is 0 Å². The van der Waals surface area contributed by atoms with Gasteiger partial charge >= 0.3 is 0 Å². The van der Waals surface area contributed by atoms with E-state index in [0.717, 1.165) is 21.7 Å². The zero-order valence-corrected chi connectivity index (χ0v) is 11.6. The molecule has 0 fully saturated rings. The van der Waals surface area contributed by atoms with Crippen molar-refractivity contribution in [2.24, 2.45) is 0 Å². The number of hydrogen-bond donors (Lipinski definition) is 1. The molecule has 0 bridgehead atoms. The second-order valence-corrected chi connectivity index (χ2v) is 4.50. The Hall–Kier alpha value is -1.62. The lowest BCUT2D eigenvalue weighted by molar-refractivity contribution is 0.332. The van der Waals surface area contributed by atoms with Gasteiger partial charge in [-0.15, -0.1) is 0 Å². The highest BCUT2D eigenvalue weighted by Gasteiger charge is 2.03. The van der Waals surface area contributed by atoms with Gasteiger partial charge in [0.15, 0.2) is 0 Å². The SMILES string of the molecule is Cc1ncnc(NCCOc2ccccc2)c1Br. The lowest BCUT2D eigenvalue weighted by Gasteiger charge is -2.09. The van der Waals surface area contributed by atoms with Gasteiger partial charge in [0.2, 0.25) is 0 Å². The Morgan fingerprint density at radius 1 is 1.22 bits per heavy atom. The third kappa shape index (κ3) is 3.43. The second kappa shape index (κ2) is 6.35. The van der Waals surface area contributed by atoms with Crippen LogP contribution in [0.2, 0.25) is 0 Å². The molecule has 2 aromatic rings. The van der Waals surface area contributed by atoms with E-state index in [4.69, 9.17) is 4.74 Å². The molecule has 0 aliphatic carbocycles. The van der Waals surface area contributed by atoms with Crippen LogP contribution in [-0.4, -0.2) is 23.1 Å². The molecule has 0 aliphatic heterocycles. The van der Waals surface area contributed by atoms with Crippen LogP contribution >= 0.6 is 15.9 Å². The largest absolute Gasteiger partial charge is 0.492 e. The summed E-state index contributed by atoms with van der Waals surface area (Å²) < 4.78 is 6.47. The number of benzene rings is 1. The molecule has 0 amide bonds. The monoisotopic (exact) mass is 307 g/mol. The van der Waals surface area contributed by atoms with Crippen molar-refractivity contribution in [1.82, 2.24) is 9.97 Å². The Morgan fingerprint density at radius 2 is 2.00 bits per heavy atom. The number of nitrogens with one attached hydrogen (secondary N) is 1. The fourth-order valence-electron chi connectivity index (χ4n) is 1.44. The molecule has 0 saturated heterocycles. The molecule has 0 saturated carbocycles. The van der Waals surface area contributed by atoms with Crippen molar-refractivity contribution in [3.8, 4) is 5.75 Å². The van der Waals surface area contributed by atoms with Crippen LogP contribution in [0.15, 0.2) is 41.1 Å². The molecule has 0 spiro atoms. The first-order chi connectivity index (χ1) is 8.77. The van der Waals surface area contributed by atoms with Gasteiger partial charge in [-0.25, -0.2) is 9.97 Å². The molecule has 18 heavy (non-hydrogen) atoms. The van der Waals surface area contributed by atoms with Gasteiger partial charge in [-0.3, -0.25) is 0 Å². The van der Waals surface area contributed by atoms with Crippen LogP contribution in [0.25, 0.3) is 0 Å². The van der Waals surface area contributed by atoms with Gasteiger partial charge in [0.1, 0.15) is 24.5 Å². The molecule has 5 heteroatoms. The summed E-state index contributed by atoms with van der Waals surface area (Å²) in [5.41, 5.74) is 0.913. The predicted molar refractivity (Wildman–Crippen MR) is 74.9 cm³/mol. The summed E-state index contributed by atoms with van der Waals surface area (Å²) in [5.74, 6) is 1.66. The number of aryl methyl sites for hydroxylation is 1. The fourth-order valence-corrected chi connectivity index (χ4v) is 1.78. The van der Waals surface area contributed by atoms with E-state index in [2.05, 4.69) is 31.2 Å². The summed E-state index contributed by atoms with van der Waals surface area (Å²) in [6, 6.07) is 9.74. The first kappa shape index (κ1) is 12.8. The van der Waals surface area contributed by atoms with Crippen molar-refractivity contribution in [3.05, 3.63) is 46.8 Å². The van der Waals surface area contributed by atoms with E-state index in [0.29, 0.717) is 13.2 Å². The van der Waals surface area contributed by atoms with Crippen LogP contribution < -0.4 is 10.1 Å². The minimum Gasteiger partial charge on any atom is -0.492 e. The van der Waals surface area contributed by atoms with E-state index in [1.807, 2.05) is 37.3 Å². The quantitative estimate of drug-likeness (QED) is 0.863. The first-order valence-corrected chi connectivity index (χ1v) is 6.45. The number of anilines is 1. The molecule has 4 nitrogen and oxygen atoms in total. The number of para-hydroxylation sites is 1. The number of nitrogens with zero attached hydrogens (tertiary/aromatic N) is 2. The zero-order chi connectivity index (χ0) is 12.8. The predicted octanol–water partition coefficient (Wildman–Crippen LogP) is 3.04. The van der Waals surface area contributed by atoms with Crippen LogP contribution in [-0.2, 0) is 0 Å². The summed E-state index contributed by atoms with van der Waals surface area (Å²) in [6.45, 7) is 3.20. The molecule has 0 radical (unpaired) electrons. The third-order valence-electron chi connectivity index (χ3n) is 2.37. The maximum absolute atomic E-state index is 5.58. The van der Waals surface area contributed by atoms with Gasteiger partial charge in [0.05, 0.1) is 16.7 Å². The number of aromatic nitrogens is 2. The molecule has 1 heterocycles. The highest BCUT2D eigenvalue weighted by Crippen LogP contribution is 2.21. The number of rotatable bonds is 5. The maximum Gasteiger partial charge on any atom is 0.144 e. The molecule has 94 valence electrons. The van der Waals surface area contributed by atoms with Crippen LogP contribution in [0.3, 0.4) is 0 Å².